The molecule has 1 aliphatic heterocycles. The number of nitrogens with two attached hydrogens (primary N) is 2. The van der Waals surface area contributed by atoms with Crippen LogP contribution < -0.4 is 45.9 Å². The molecule has 176 valence electrons. The molecule has 0 saturated carbocycles. The van der Waals surface area contributed by atoms with E-state index < -0.39 is 11.4 Å². The molecule has 2 aromatic heterocycles. The van der Waals surface area contributed by atoms with Gasteiger partial charge < -0.3 is 26.8 Å². The topological polar surface area (TPSA) is 144 Å². The minimum atomic E-state index is -0.642. The molecule has 2 aromatic carbocycles. The van der Waals surface area contributed by atoms with Crippen LogP contribution in [0.15, 0.2) is 54.7 Å². The van der Waals surface area contributed by atoms with Crippen LogP contribution in [-0.4, -0.2) is 39.4 Å². The number of primary amides is 1. The van der Waals surface area contributed by atoms with Gasteiger partial charge in [-0.25, -0.2) is 4.98 Å². The van der Waals surface area contributed by atoms with E-state index in [-0.39, 0.29) is 40.7 Å². The van der Waals surface area contributed by atoms with Crippen molar-refractivity contribution >= 4 is 46.1 Å². The molecule has 1 aliphatic rings. The van der Waals surface area contributed by atoms with Crippen molar-refractivity contribution in [3.05, 3.63) is 76.0 Å². The van der Waals surface area contributed by atoms with Crippen LogP contribution in [0.4, 0.5) is 5.95 Å². The Labute approximate surface area is 234 Å². The molecule has 11 heteroatoms. The van der Waals surface area contributed by atoms with E-state index in [4.69, 9.17) is 39.7 Å². The van der Waals surface area contributed by atoms with E-state index in [0.29, 0.717) is 51.2 Å². The number of aromatic amines is 1. The first-order valence-corrected chi connectivity index (χ1v) is 11.4. The van der Waals surface area contributed by atoms with Gasteiger partial charge in [-0.2, -0.15) is 4.98 Å². The minimum Gasteiger partial charge on any atom is -0.870 e. The zero-order chi connectivity index (χ0) is 23.2. The first kappa shape index (κ1) is 27.4. The fourth-order valence-corrected chi connectivity index (χ4v) is 4.83. The predicted molar refractivity (Wildman–Crippen MR) is 134 cm³/mol. The van der Waals surface area contributed by atoms with Crippen LogP contribution in [0.3, 0.4) is 0 Å². The Morgan fingerprint density at radius 3 is 2.34 bits per heavy atom. The second-order valence-corrected chi connectivity index (χ2v) is 9.06. The number of nitrogens with zero attached hydrogens (tertiary/aromatic N) is 3. The van der Waals surface area contributed by atoms with Crippen LogP contribution in [-0.2, 0) is 5.54 Å². The summed E-state index contributed by atoms with van der Waals surface area (Å²) < 4.78 is 0. The maximum atomic E-state index is 12.4. The molecule has 1 fully saturated rings. The molecule has 3 heterocycles. The van der Waals surface area contributed by atoms with Crippen molar-refractivity contribution in [2.45, 2.75) is 18.4 Å². The van der Waals surface area contributed by atoms with Gasteiger partial charge in [0.15, 0.2) is 0 Å². The molecule has 0 radical (unpaired) electrons. The first-order valence-electron chi connectivity index (χ1n) is 10.6. The predicted octanol–water partition coefficient (Wildman–Crippen LogP) is 1.31. The number of amides is 1. The maximum Gasteiger partial charge on any atom is 1.00 e. The van der Waals surface area contributed by atoms with Crippen molar-refractivity contribution < 1.29 is 39.8 Å². The molecular weight excluding hydrogens is 498 g/mol. The molecule has 35 heavy (non-hydrogen) atoms. The minimum absolute atomic E-state index is 0. The Morgan fingerprint density at radius 1 is 1.00 bits per heavy atom. The number of piperidine rings is 1. The molecule has 6 N–H and O–H groups in total. The van der Waals surface area contributed by atoms with Crippen LogP contribution in [0.1, 0.15) is 28.9 Å². The van der Waals surface area contributed by atoms with Crippen molar-refractivity contribution in [2.75, 3.05) is 18.0 Å². The summed E-state index contributed by atoms with van der Waals surface area (Å²) in [5.41, 5.74) is 15.1. The van der Waals surface area contributed by atoms with Gasteiger partial charge in [-0.15, -0.1) is 0 Å². The molecular formula is C24H23Cl2N6NaO2. The number of aromatic nitrogens is 3. The Balaban J connectivity index is 0.00000171. The van der Waals surface area contributed by atoms with Crippen LogP contribution >= 0.6 is 23.2 Å². The third-order valence-electron chi connectivity index (χ3n) is 6.28. The van der Waals surface area contributed by atoms with E-state index in [1.54, 1.807) is 18.3 Å². The van der Waals surface area contributed by atoms with Crippen LogP contribution in [0, 0.1) is 0 Å². The number of anilines is 1. The van der Waals surface area contributed by atoms with Gasteiger partial charge in [-0.1, -0.05) is 65.7 Å². The number of hydrogen-bond acceptors (Lipinski definition) is 6. The second kappa shape index (κ2) is 10.8. The number of H-pyrrole nitrogens is 1. The molecule has 4 aromatic rings. The van der Waals surface area contributed by atoms with Gasteiger partial charge in [0.05, 0.1) is 15.4 Å². The molecule has 0 bridgehead atoms. The molecule has 0 spiro atoms. The standard InChI is InChI=1S/C24H22Cl2N6O.Na.H2O/c25-17-8-4-7-15(19(17)26)16-13-29-22-18(16)20(21(27)33)30-23(31-22)32-11-9-24(28,10-12-32)14-5-2-1-3-6-14;;/h1-8,13H,9-12,28H2,(H2,27,33)(H,29,30,31);;1H2/q;+1;/p-1. The fourth-order valence-electron chi connectivity index (χ4n) is 4.43. The van der Waals surface area contributed by atoms with E-state index in [0.717, 1.165) is 18.4 Å². The molecule has 1 saturated heterocycles. The summed E-state index contributed by atoms with van der Waals surface area (Å²) in [7, 11) is 0. The molecule has 5 rings (SSSR count). The zero-order valence-corrected chi connectivity index (χ0v) is 22.6. The van der Waals surface area contributed by atoms with E-state index >= 15 is 0 Å². The number of hydrogen-bond donors (Lipinski definition) is 3. The number of carbonyl (C=O) groups excluding carboxylic acids is 1. The second-order valence-electron chi connectivity index (χ2n) is 8.27. The summed E-state index contributed by atoms with van der Waals surface area (Å²) >= 11 is 12.6. The number of nitrogens with one attached hydrogen (secondary N) is 1. The zero-order valence-electron chi connectivity index (χ0n) is 19.1. The molecule has 0 atom stereocenters. The normalized spacial score (nSPS) is 14.8. The molecule has 8 nitrogen and oxygen atoms in total. The SMILES string of the molecule is NC(=O)c1nc(N2CCC(N)(c3ccccc3)CC2)nc2[nH]cc(-c3cccc(Cl)c3Cl)c12.[Na+].[OH-]. The number of benzene rings is 2. The summed E-state index contributed by atoms with van der Waals surface area (Å²) in [4.78, 5) is 26.8. The van der Waals surface area contributed by atoms with Gasteiger partial charge in [-0.3, -0.25) is 4.79 Å². The van der Waals surface area contributed by atoms with Gasteiger partial charge in [-0.05, 0) is 24.5 Å². The fraction of sp³-hybridized carbons (Fsp3) is 0.208. The van der Waals surface area contributed by atoms with Crippen LogP contribution in [0.25, 0.3) is 22.2 Å². The van der Waals surface area contributed by atoms with Crippen LogP contribution in [0.2, 0.25) is 10.0 Å². The third-order valence-corrected chi connectivity index (χ3v) is 7.10. The summed E-state index contributed by atoms with van der Waals surface area (Å²) in [5, 5.41) is 1.32. The van der Waals surface area contributed by atoms with E-state index in [1.165, 1.54) is 0 Å². The third kappa shape index (κ3) is 5.06. The molecule has 0 unspecified atom stereocenters. The number of carbonyl (C=O) groups is 1. The van der Waals surface area contributed by atoms with Crippen molar-refractivity contribution in [3.8, 4) is 11.1 Å². The smallest absolute Gasteiger partial charge is 0.870 e. The summed E-state index contributed by atoms with van der Waals surface area (Å²) in [6, 6.07) is 15.4. The molecule has 1 amide bonds. The van der Waals surface area contributed by atoms with Gasteiger partial charge in [0.1, 0.15) is 11.3 Å². The largest absolute Gasteiger partial charge is 1.00 e. The van der Waals surface area contributed by atoms with E-state index in [1.807, 2.05) is 29.2 Å². The molecule has 0 aliphatic carbocycles. The van der Waals surface area contributed by atoms with Gasteiger partial charge in [0, 0.05) is 36.0 Å². The Morgan fingerprint density at radius 2 is 1.69 bits per heavy atom. The van der Waals surface area contributed by atoms with Crippen LogP contribution in [0.5, 0.6) is 0 Å². The van der Waals surface area contributed by atoms with Gasteiger partial charge in [0.25, 0.3) is 5.91 Å². The quantitative estimate of drug-likeness (QED) is 0.346. The average Bonchev–Trinajstić information content (AvgIpc) is 3.25. The Kier molecular flexibility index (Phi) is 8.49. The summed E-state index contributed by atoms with van der Waals surface area (Å²) in [6.07, 6.45) is 3.21. The number of fused-ring (bicyclic) bond motifs is 1. The number of rotatable bonds is 4. The van der Waals surface area contributed by atoms with E-state index in [2.05, 4.69) is 22.1 Å². The summed E-state index contributed by atoms with van der Waals surface area (Å²) in [6.45, 7) is 1.31. The van der Waals surface area contributed by atoms with E-state index in [9.17, 15) is 4.79 Å². The van der Waals surface area contributed by atoms with Crippen molar-refractivity contribution in [3.63, 3.8) is 0 Å². The Hall–Kier alpha value is -2.17. The average molecular weight is 521 g/mol. The Bertz CT molecular complexity index is 1360. The van der Waals surface area contributed by atoms with Gasteiger partial charge >= 0.3 is 29.6 Å². The van der Waals surface area contributed by atoms with Gasteiger partial charge in [0.2, 0.25) is 5.95 Å². The monoisotopic (exact) mass is 520 g/mol. The number of halogens is 2. The van der Waals surface area contributed by atoms with Crippen molar-refractivity contribution in [2.24, 2.45) is 11.5 Å². The first-order chi connectivity index (χ1) is 15.9. The maximum absolute atomic E-state index is 12.4. The summed E-state index contributed by atoms with van der Waals surface area (Å²) in [5.74, 6) is -0.200. The van der Waals surface area contributed by atoms with Crippen molar-refractivity contribution in [1.29, 1.82) is 0 Å². The van der Waals surface area contributed by atoms with Crippen molar-refractivity contribution in [1.82, 2.24) is 15.0 Å².